The molecule has 1 aromatic carbocycles. The van der Waals surface area contributed by atoms with E-state index in [4.69, 9.17) is 0 Å². The Morgan fingerprint density at radius 2 is 2.00 bits per heavy atom. The van der Waals surface area contributed by atoms with Crippen molar-refractivity contribution in [3.8, 4) is 0 Å². The van der Waals surface area contributed by atoms with Crippen LogP contribution in [-0.2, 0) is 16.1 Å². The molecule has 3 heterocycles. The van der Waals surface area contributed by atoms with Crippen molar-refractivity contribution in [1.29, 1.82) is 0 Å². The molecule has 1 saturated heterocycles. The van der Waals surface area contributed by atoms with Gasteiger partial charge in [-0.05, 0) is 35.8 Å². The van der Waals surface area contributed by atoms with E-state index < -0.39 is 5.92 Å². The third-order valence-electron chi connectivity index (χ3n) is 6.15. The van der Waals surface area contributed by atoms with Gasteiger partial charge in [0.25, 0.3) is 5.56 Å². The number of thioether (sulfide) groups is 1. The third-order valence-corrected chi connectivity index (χ3v) is 8.21. The van der Waals surface area contributed by atoms with E-state index in [9.17, 15) is 14.4 Å². The van der Waals surface area contributed by atoms with E-state index in [2.05, 4.69) is 10.4 Å². The lowest BCUT2D eigenvalue weighted by Gasteiger charge is -2.25. The Morgan fingerprint density at radius 1 is 1.19 bits per heavy atom. The van der Waals surface area contributed by atoms with Gasteiger partial charge in [-0.3, -0.25) is 19.8 Å². The number of carbonyl (C=O) groups excluding carboxylic acids is 2. The summed E-state index contributed by atoms with van der Waals surface area (Å²) in [6, 6.07) is 11.6. The molecule has 1 aliphatic carbocycles. The van der Waals surface area contributed by atoms with Crippen molar-refractivity contribution in [2.24, 2.45) is 11.8 Å². The number of benzene rings is 1. The Kier molecular flexibility index (Phi) is 6.01. The molecule has 3 aromatic rings. The maximum absolute atomic E-state index is 13.1. The fourth-order valence-electron chi connectivity index (χ4n) is 4.05. The maximum Gasteiger partial charge on any atom is 0.291 e. The average molecular weight is 469 g/mol. The molecule has 2 amide bonds. The molecule has 7 nitrogen and oxygen atoms in total. The Morgan fingerprint density at radius 3 is 2.75 bits per heavy atom. The number of likely N-dealkylation sites (tertiary alicyclic amines) is 1. The van der Waals surface area contributed by atoms with Gasteiger partial charge in [0.05, 0.1) is 11.4 Å². The minimum absolute atomic E-state index is 0.0484. The van der Waals surface area contributed by atoms with E-state index in [0.717, 1.165) is 11.3 Å². The van der Waals surface area contributed by atoms with Crippen molar-refractivity contribution in [3.05, 3.63) is 57.7 Å². The molecule has 1 N–H and O–H groups in total. The molecule has 5 rings (SSSR count). The van der Waals surface area contributed by atoms with Crippen LogP contribution in [0.3, 0.4) is 0 Å². The van der Waals surface area contributed by atoms with Gasteiger partial charge in [0.15, 0.2) is 5.16 Å². The van der Waals surface area contributed by atoms with Gasteiger partial charge in [0.2, 0.25) is 11.8 Å². The summed E-state index contributed by atoms with van der Waals surface area (Å²) in [6.45, 7) is 0.822. The van der Waals surface area contributed by atoms with Crippen molar-refractivity contribution in [1.82, 2.24) is 14.6 Å². The summed E-state index contributed by atoms with van der Waals surface area (Å²) in [5.74, 6) is 0.650. The summed E-state index contributed by atoms with van der Waals surface area (Å²) in [6.07, 6.45) is 3.80. The van der Waals surface area contributed by atoms with E-state index in [1.165, 1.54) is 47.0 Å². The van der Waals surface area contributed by atoms with E-state index in [0.29, 0.717) is 34.4 Å². The first-order valence-electron chi connectivity index (χ1n) is 10.8. The second-order valence-electron chi connectivity index (χ2n) is 8.41. The normalized spacial score (nSPS) is 18.8. The summed E-state index contributed by atoms with van der Waals surface area (Å²) in [5, 5.41) is 2.34. The molecule has 1 atom stereocenters. The first-order valence-corrected chi connectivity index (χ1v) is 12.7. The molecule has 2 aliphatic rings. The molecular weight excluding hydrogens is 444 g/mol. The van der Waals surface area contributed by atoms with Gasteiger partial charge in [-0.25, -0.2) is 4.98 Å². The summed E-state index contributed by atoms with van der Waals surface area (Å²) >= 11 is 2.83. The van der Waals surface area contributed by atoms with Crippen LogP contribution in [0.4, 0.5) is 0 Å². The standard InChI is InChI=1S/C23H24N4O3S2/c28-19-11-17(13-26(19)12-15-5-2-1-3-6-15)21(29)25-27-22(30)20-18(9-10-31-20)24-23(27)32-14-16-7-4-8-16/h1-3,5-6,9-10,16-17H,4,7-8,11-14H2,(H,25,29). The molecule has 1 aliphatic heterocycles. The highest BCUT2D eigenvalue weighted by molar-refractivity contribution is 7.99. The summed E-state index contributed by atoms with van der Waals surface area (Å²) in [7, 11) is 0. The molecule has 1 unspecified atom stereocenters. The quantitative estimate of drug-likeness (QED) is 0.424. The van der Waals surface area contributed by atoms with E-state index in [1.54, 1.807) is 4.90 Å². The average Bonchev–Trinajstić information content (AvgIpc) is 3.37. The van der Waals surface area contributed by atoms with Crippen molar-refractivity contribution < 1.29 is 9.59 Å². The first-order chi connectivity index (χ1) is 15.6. The number of hydrogen-bond donors (Lipinski definition) is 1. The zero-order valence-corrected chi connectivity index (χ0v) is 19.2. The van der Waals surface area contributed by atoms with Crippen molar-refractivity contribution in [2.45, 2.75) is 37.4 Å². The van der Waals surface area contributed by atoms with Crippen LogP contribution in [-0.4, -0.2) is 38.7 Å². The highest BCUT2D eigenvalue weighted by atomic mass is 32.2. The maximum atomic E-state index is 13.1. The second kappa shape index (κ2) is 9.07. The molecule has 32 heavy (non-hydrogen) atoms. The van der Waals surface area contributed by atoms with Crippen LogP contribution in [0.25, 0.3) is 10.2 Å². The van der Waals surface area contributed by atoms with Crippen molar-refractivity contribution >= 4 is 45.1 Å². The Balaban J connectivity index is 1.33. The number of hydrogen-bond acceptors (Lipinski definition) is 6. The highest BCUT2D eigenvalue weighted by Crippen LogP contribution is 2.32. The number of nitrogens with one attached hydrogen (secondary N) is 1. The van der Waals surface area contributed by atoms with Crippen LogP contribution in [0.2, 0.25) is 0 Å². The second-order valence-corrected chi connectivity index (χ2v) is 10.3. The van der Waals surface area contributed by atoms with E-state index in [-0.39, 0.29) is 23.8 Å². The van der Waals surface area contributed by atoms with Crippen LogP contribution in [0.5, 0.6) is 0 Å². The molecular formula is C23H24N4O3S2. The lowest BCUT2D eigenvalue weighted by Crippen LogP contribution is -2.38. The fraction of sp³-hybridized carbons (Fsp3) is 0.391. The van der Waals surface area contributed by atoms with Crippen LogP contribution in [0.1, 0.15) is 31.2 Å². The summed E-state index contributed by atoms with van der Waals surface area (Å²) < 4.78 is 1.81. The monoisotopic (exact) mass is 468 g/mol. The molecule has 166 valence electrons. The molecule has 2 fully saturated rings. The predicted octanol–water partition coefficient (Wildman–Crippen LogP) is 3.47. The summed E-state index contributed by atoms with van der Waals surface area (Å²) in [5.41, 5.74) is 4.20. The third kappa shape index (κ3) is 4.31. The molecule has 9 heteroatoms. The SMILES string of the molecule is O=C(Nn1c(SCC2CCC2)nc2ccsc2c1=O)C1CC(=O)N(Cc2ccccc2)C1. The van der Waals surface area contributed by atoms with Gasteiger partial charge in [-0.1, -0.05) is 48.5 Å². The minimum atomic E-state index is -0.498. The lowest BCUT2D eigenvalue weighted by molar-refractivity contribution is -0.128. The number of rotatable bonds is 7. The lowest BCUT2D eigenvalue weighted by atomic mass is 9.87. The van der Waals surface area contributed by atoms with Crippen LogP contribution >= 0.6 is 23.1 Å². The molecule has 0 radical (unpaired) electrons. The minimum Gasteiger partial charge on any atom is -0.338 e. The van der Waals surface area contributed by atoms with Crippen molar-refractivity contribution in [2.75, 3.05) is 17.7 Å². The van der Waals surface area contributed by atoms with Crippen molar-refractivity contribution in [3.63, 3.8) is 0 Å². The predicted molar refractivity (Wildman–Crippen MR) is 126 cm³/mol. The van der Waals surface area contributed by atoms with Gasteiger partial charge in [-0.2, -0.15) is 4.68 Å². The van der Waals surface area contributed by atoms with E-state index >= 15 is 0 Å². The zero-order valence-electron chi connectivity index (χ0n) is 17.5. The Labute approximate surface area is 193 Å². The number of amides is 2. The smallest absolute Gasteiger partial charge is 0.291 e. The van der Waals surface area contributed by atoms with Gasteiger partial charge < -0.3 is 4.90 Å². The Hall–Kier alpha value is -2.65. The number of aromatic nitrogens is 2. The van der Waals surface area contributed by atoms with Gasteiger partial charge in [-0.15, -0.1) is 11.3 Å². The van der Waals surface area contributed by atoms with Crippen LogP contribution in [0.15, 0.2) is 51.7 Å². The first kappa shape index (κ1) is 21.2. The van der Waals surface area contributed by atoms with Gasteiger partial charge >= 0.3 is 0 Å². The molecule has 0 bridgehead atoms. The molecule has 2 aromatic heterocycles. The number of carbonyl (C=O) groups is 2. The van der Waals surface area contributed by atoms with Crippen LogP contribution in [0, 0.1) is 11.8 Å². The van der Waals surface area contributed by atoms with Gasteiger partial charge in [0, 0.05) is 25.3 Å². The van der Waals surface area contributed by atoms with Gasteiger partial charge in [0.1, 0.15) is 4.70 Å². The van der Waals surface area contributed by atoms with E-state index in [1.807, 2.05) is 41.8 Å². The molecule has 1 saturated carbocycles. The number of fused-ring (bicyclic) bond motifs is 1. The largest absolute Gasteiger partial charge is 0.338 e. The number of thiophene rings is 1. The highest BCUT2D eigenvalue weighted by Gasteiger charge is 2.35. The summed E-state index contributed by atoms with van der Waals surface area (Å²) in [4.78, 5) is 45.0. The zero-order chi connectivity index (χ0) is 22.1. The Bertz CT molecular complexity index is 1200. The number of nitrogens with zero attached hydrogens (tertiary/aromatic N) is 3. The topological polar surface area (TPSA) is 84.3 Å². The van der Waals surface area contributed by atoms with Crippen LogP contribution < -0.4 is 11.0 Å². The molecule has 0 spiro atoms. The fourth-order valence-corrected chi connectivity index (χ4v) is 5.94.